The molecule has 0 amide bonds. The van der Waals surface area contributed by atoms with Gasteiger partial charge < -0.3 is 19.1 Å². The maximum absolute atomic E-state index is 5.64. The number of aromatic nitrogens is 2. The molecule has 0 radical (unpaired) electrons. The van der Waals surface area contributed by atoms with Crippen molar-refractivity contribution in [2.75, 3.05) is 65.1 Å². The first-order valence-corrected chi connectivity index (χ1v) is 9.98. The van der Waals surface area contributed by atoms with Crippen LogP contribution in [0.1, 0.15) is 5.56 Å². The summed E-state index contributed by atoms with van der Waals surface area (Å²) in [7, 11) is 3.28. The second kappa shape index (κ2) is 10.8. The van der Waals surface area contributed by atoms with E-state index in [0.29, 0.717) is 13.2 Å². The quantitative estimate of drug-likeness (QED) is 0.346. The van der Waals surface area contributed by atoms with Crippen LogP contribution in [0.3, 0.4) is 0 Å². The van der Waals surface area contributed by atoms with Crippen LogP contribution in [-0.2, 0) is 16.0 Å². The molecule has 29 heavy (non-hydrogen) atoms. The summed E-state index contributed by atoms with van der Waals surface area (Å²) in [4.78, 5) is 9.23. The average molecular weight is 402 g/mol. The third kappa shape index (κ3) is 5.95. The molecule has 158 valence electrons. The fourth-order valence-electron chi connectivity index (χ4n) is 3.37. The van der Waals surface area contributed by atoms with E-state index in [-0.39, 0.29) is 0 Å². The van der Waals surface area contributed by atoms with Crippen LogP contribution < -0.4 is 9.64 Å². The third-order valence-electron chi connectivity index (χ3n) is 5.03. The van der Waals surface area contributed by atoms with Crippen LogP contribution in [0.4, 0.5) is 11.5 Å². The van der Waals surface area contributed by atoms with E-state index in [1.165, 1.54) is 12.1 Å². The van der Waals surface area contributed by atoms with Gasteiger partial charge in [0.25, 0.3) is 0 Å². The van der Waals surface area contributed by atoms with Crippen molar-refractivity contribution in [2.45, 2.75) is 13.5 Å². The van der Waals surface area contributed by atoms with Gasteiger partial charge in [0.1, 0.15) is 12.4 Å². The maximum atomic E-state index is 5.64. The zero-order chi connectivity index (χ0) is 20.5. The number of piperazine rings is 1. The first-order valence-electron chi connectivity index (χ1n) is 9.98. The summed E-state index contributed by atoms with van der Waals surface area (Å²) >= 11 is 0. The van der Waals surface area contributed by atoms with E-state index < -0.39 is 0 Å². The van der Waals surface area contributed by atoms with Crippen LogP contribution in [0, 0.1) is 6.92 Å². The number of nitrogens with zero attached hydrogens (tertiary/aromatic N) is 5. The molecule has 8 heteroatoms. The molecule has 3 rings (SSSR count). The number of rotatable bonds is 10. The van der Waals surface area contributed by atoms with Crippen LogP contribution in [0.2, 0.25) is 0 Å². The number of benzene rings is 1. The number of anilines is 1. The van der Waals surface area contributed by atoms with E-state index in [1.54, 1.807) is 14.2 Å². The maximum Gasteiger partial charge on any atom is 0.175 e. The smallest absolute Gasteiger partial charge is 0.175 e. The number of hydrogen-bond donors (Lipinski definition) is 0. The highest BCUT2D eigenvalue weighted by atomic mass is 16.5. The summed E-state index contributed by atoms with van der Waals surface area (Å²) in [6.07, 6.45) is 3.30. The molecule has 0 bridgehead atoms. The Kier molecular flexibility index (Phi) is 7.89. The van der Waals surface area contributed by atoms with Crippen molar-refractivity contribution in [3.8, 4) is 5.75 Å². The summed E-state index contributed by atoms with van der Waals surface area (Å²) in [6, 6.07) is 8.31. The van der Waals surface area contributed by atoms with Crippen LogP contribution >= 0.6 is 0 Å². The van der Waals surface area contributed by atoms with Crippen molar-refractivity contribution >= 4 is 17.9 Å². The Morgan fingerprint density at radius 2 is 1.79 bits per heavy atom. The van der Waals surface area contributed by atoms with Crippen molar-refractivity contribution in [1.29, 1.82) is 0 Å². The molecule has 1 aliphatic heterocycles. The van der Waals surface area contributed by atoms with E-state index in [4.69, 9.17) is 14.2 Å². The molecule has 0 aliphatic carbocycles. The SMILES string of the molecule is CO/C=N\c1c(C)cnn1CCN1CCN(c2ccc(OCCOC)cc2)CC1. The summed E-state index contributed by atoms with van der Waals surface area (Å²) < 4.78 is 17.5. The Morgan fingerprint density at radius 1 is 1.03 bits per heavy atom. The second-order valence-corrected chi connectivity index (χ2v) is 7.01. The van der Waals surface area contributed by atoms with Crippen molar-refractivity contribution in [3.63, 3.8) is 0 Å². The highest BCUT2D eigenvalue weighted by molar-refractivity contribution is 5.55. The summed E-state index contributed by atoms with van der Waals surface area (Å²) in [5.41, 5.74) is 2.29. The van der Waals surface area contributed by atoms with E-state index >= 15 is 0 Å². The van der Waals surface area contributed by atoms with Crippen molar-refractivity contribution in [2.24, 2.45) is 4.99 Å². The predicted octanol–water partition coefficient (Wildman–Crippen LogP) is 2.35. The van der Waals surface area contributed by atoms with Crippen LogP contribution in [-0.4, -0.2) is 81.2 Å². The molecule has 0 atom stereocenters. The zero-order valence-corrected chi connectivity index (χ0v) is 17.6. The number of aliphatic imine (C=N–C) groups is 1. The third-order valence-corrected chi connectivity index (χ3v) is 5.03. The Balaban J connectivity index is 1.45. The summed E-state index contributed by atoms with van der Waals surface area (Å²) in [6.45, 7) is 9.04. The van der Waals surface area contributed by atoms with E-state index in [0.717, 1.165) is 56.4 Å². The van der Waals surface area contributed by atoms with Gasteiger partial charge in [-0.3, -0.25) is 4.90 Å². The molecule has 1 aromatic carbocycles. The predicted molar refractivity (Wildman–Crippen MR) is 115 cm³/mol. The minimum atomic E-state index is 0.572. The number of hydrogen-bond acceptors (Lipinski definition) is 7. The van der Waals surface area contributed by atoms with Crippen molar-refractivity contribution < 1.29 is 14.2 Å². The summed E-state index contributed by atoms with van der Waals surface area (Å²) in [5.74, 6) is 1.74. The normalized spacial score (nSPS) is 15.2. The first kappa shape index (κ1) is 21.1. The van der Waals surface area contributed by atoms with Gasteiger partial charge in [-0.25, -0.2) is 9.67 Å². The van der Waals surface area contributed by atoms with Crippen molar-refractivity contribution in [1.82, 2.24) is 14.7 Å². The van der Waals surface area contributed by atoms with Gasteiger partial charge in [0.2, 0.25) is 0 Å². The van der Waals surface area contributed by atoms with Crippen LogP contribution in [0.5, 0.6) is 5.75 Å². The minimum Gasteiger partial charge on any atom is -0.491 e. The Hall–Kier alpha value is -2.58. The molecule has 1 aromatic heterocycles. The number of ether oxygens (including phenoxy) is 3. The van der Waals surface area contributed by atoms with Gasteiger partial charge >= 0.3 is 0 Å². The molecule has 0 N–H and O–H groups in total. The lowest BCUT2D eigenvalue weighted by Gasteiger charge is -2.36. The number of aryl methyl sites for hydroxylation is 1. The minimum absolute atomic E-state index is 0.572. The van der Waals surface area contributed by atoms with Crippen LogP contribution in [0.25, 0.3) is 0 Å². The Labute approximate surface area is 172 Å². The molecule has 1 aliphatic rings. The van der Waals surface area contributed by atoms with Gasteiger partial charge in [0.05, 0.1) is 26.5 Å². The molecule has 0 unspecified atom stereocenters. The van der Waals surface area contributed by atoms with Crippen molar-refractivity contribution in [3.05, 3.63) is 36.0 Å². The van der Waals surface area contributed by atoms with Gasteiger partial charge in [-0.15, -0.1) is 0 Å². The topological polar surface area (TPSA) is 64.4 Å². The Bertz CT molecular complexity index is 767. The largest absolute Gasteiger partial charge is 0.491 e. The van der Waals surface area contributed by atoms with Gasteiger partial charge in [0.15, 0.2) is 12.2 Å². The van der Waals surface area contributed by atoms with E-state index in [2.05, 4.69) is 32.0 Å². The molecule has 1 fully saturated rings. The number of methoxy groups -OCH3 is 2. The molecular weight excluding hydrogens is 370 g/mol. The van der Waals surface area contributed by atoms with Gasteiger partial charge in [-0.1, -0.05) is 0 Å². The summed E-state index contributed by atoms with van der Waals surface area (Å²) in [5, 5.41) is 4.44. The fraction of sp³-hybridized carbons (Fsp3) is 0.524. The van der Waals surface area contributed by atoms with E-state index in [9.17, 15) is 0 Å². The second-order valence-electron chi connectivity index (χ2n) is 7.01. The zero-order valence-electron chi connectivity index (χ0n) is 17.6. The van der Waals surface area contributed by atoms with E-state index in [1.807, 2.05) is 29.9 Å². The molecule has 0 saturated carbocycles. The molecule has 8 nitrogen and oxygen atoms in total. The molecule has 1 saturated heterocycles. The standard InChI is InChI=1S/C21H31N5O3/c1-18-16-23-26(21(18)22-17-28-3)13-10-24-8-11-25(12-9-24)19-4-6-20(7-5-19)29-15-14-27-2/h4-7,16-17H,8-15H2,1-3H3/b22-17-. The first-order chi connectivity index (χ1) is 14.2. The molecule has 0 spiro atoms. The van der Waals surface area contributed by atoms with Crippen LogP contribution in [0.15, 0.2) is 35.5 Å². The lowest BCUT2D eigenvalue weighted by molar-refractivity contribution is 0.146. The molecular formula is C21H31N5O3. The molecule has 2 heterocycles. The lowest BCUT2D eigenvalue weighted by Crippen LogP contribution is -2.47. The fourth-order valence-corrected chi connectivity index (χ4v) is 3.37. The lowest BCUT2D eigenvalue weighted by atomic mass is 10.2. The molecule has 2 aromatic rings. The monoisotopic (exact) mass is 401 g/mol. The average Bonchev–Trinajstić information content (AvgIpc) is 3.11. The Morgan fingerprint density at radius 3 is 2.48 bits per heavy atom. The van der Waals surface area contributed by atoms with Gasteiger partial charge in [-0.2, -0.15) is 5.10 Å². The highest BCUT2D eigenvalue weighted by Crippen LogP contribution is 2.21. The van der Waals surface area contributed by atoms with Gasteiger partial charge in [-0.05, 0) is 31.2 Å². The highest BCUT2D eigenvalue weighted by Gasteiger charge is 2.18. The van der Waals surface area contributed by atoms with Gasteiger partial charge in [0, 0.05) is 51.1 Å².